The van der Waals surface area contributed by atoms with Gasteiger partial charge in [-0.25, -0.2) is 0 Å². The maximum Gasteiger partial charge on any atom is 0.329 e. The Balaban J connectivity index is 2.79. The van der Waals surface area contributed by atoms with Crippen molar-refractivity contribution in [1.82, 2.24) is 5.48 Å². The predicted octanol–water partition coefficient (Wildman–Crippen LogP) is 0.803. The number of benzene rings is 1. The van der Waals surface area contributed by atoms with Gasteiger partial charge in [0.05, 0.1) is 4.92 Å². The van der Waals surface area contributed by atoms with Crippen LogP contribution in [-0.2, 0) is 9.63 Å². The second-order valence-corrected chi connectivity index (χ2v) is 2.83. The second-order valence-electron chi connectivity index (χ2n) is 2.83. The van der Waals surface area contributed by atoms with Crippen molar-refractivity contribution >= 4 is 17.6 Å². The van der Waals surface area contributed by atoms with E-state index in [-0.39, 0.29) is 11.3 Å². The molecule has 0 atom stereocenters. The molecule has 0 aromatic heterocycles. The number of nitro benzene ring substituents is 1. The topological polar surface area (TPSA) is 98.5 Å². The number of hydrogen-bond donors (Lipinski definition) is 1. The molecule has 7 nitrogen and oxygen atoms in total. The van der Waals surface area contributed by atoms with Crippen molar-refractivity contribution in [3.63, 3.8) is 0 Å². The van der Waals surface area contributed by atoms with E-state index >= 15 is 0 Å². The summed E-state index contributed by atoms with van der Waals surface area (Å²) in [4.78, 5) is 35.8. The third-order valence-electron chi connectivity index (χ3n) is 1.61. The quantitative estimate of drug-likeness (QED) is 0.591. The number of amides is 1. The summed E-state index contributed by atoms with van der Waals surface area (Å²) in [7, 11) is 0. The Bertz CT molecular complexity index is 443. The number of nitro groups is 1. The van der Waals surface area contributed by atoms with Gasteiger partial charge in [-0.05, 0) is 6.07 Å². The van der Waals surface area contributed by atoms with Crippen molar-refractivity contribution in [2.45, 2.75) is 6.92 Å². The van der Waals surface area contributed by atoms with Crippen LogP contribution in [0.15, 0.2) is 24.3 Å². The molecule has 1 rings (SSSR count). The van der Waals surface area contributed by atoms with Crippen LogP contribution in [0.25, 0.3) is 0 Å². The SMILES string of the molecule is CC(=O)ONC(=O)c1cccc([N+](=O)[O-])c1. The monoisotopic (exact) mass is 224 g/mol. The summed E-state index contributed by atoms with van der Waals surface area (Å²) >= 11 is 0. The summed E-state index contributed by atoms with van der Waals surface area (Å²) in [6.07, 6.45) is 0. The molecule has 1 N–H and O–H groups in total. The van der Waals surface area contributed by atoms with Gasteiger partial charge in [0, 0.05) is 24.6 Å². The molecule has 0 heterocycles. The lowest BCUT2D eigenvalue weighted by molar-refractivity contribution is -0.384. The number of hydroxylamine groups is 1. The van der Waals surface area contributed by atoms with E-state index in [4.69, 9.17) is 0 Å². The summed E-state index contributed by atoms with van der Waals surface area (Å²) in [6.45, 7) is 1.12. The van der Waals surface area contributed by atoms with Crippen LogP contribution in [0, 0.1) is 10.1 Å². The number of nitrogens with zero attached hydrogens (tertiary/aromatic N) is 1. The van der Waals surface area contributed by atoms with Crippen molar-refractivity contribution in [2.75, 3.05) is 0 Å². The van der Waals surface area contributed by atoms with Gasteiger partial charge < -0.3 is 4.84 Å². The minimum atomic E-state index is -0.723. The average Bonchev–Trinajstić information content (AvgIpc) is 2.26. The Morgan fingerprint density at radius 3 is 2.69 bits per heavy atom. The third kappa shape index (κ3) is 3.05. The molecule has 0 radical (unpaired) electrons. The van der Waals surface area contributed by atoms with Gasteiger partial charge in [-0.1, -0.05) is 6.07 Å². The largest absolute Gasteiger partial charge is 0.341 e. The highest BCUT2D eigenvalue weighted by atomic mass is 16.7. The maximum atomic E-state index is 11.3. The van der Waals surface area contributed by atoms with Gasteiger partial charge >= 0.3 is 5.97 Å². The summed E-state index contributed by atoms with van der Waals surface area (Å²) in [5.41, 5.74) is 1.68. The van der Waals surface area contributed by atoms with Crippen molar-refractivity contribution in [1.29, 1.82) is 0 Å². The van der Waals surface area contributed by atoms with Crippen LogP contribution in [-0.4, -0.2) is 16.8 Å². The molecule has 16 heavy (non-hydrogen) atoms. The van der Waals surface area contributed by atoms with E-state index in [1.54, 1.807) is 0 Å². The Morgan fingerprint density at radius 1 is 1.44 bits per heavy atom. The zero-order valence-electron chi connectivity index (χ0n) is 8.30. The van der Waals surface area contributed by atoms with Gasteiger partial charge in [0.25, 0.3) is 11.6 Å². The number of rotatable bonds is 2. The Hall–Kier alpha value is -2.44. The molecular weight excluding hydrogens is 216 g/mol. The molecule has 1 aromatic carbocycles. The lowest BCUT2D eigenvalue weighted by Gasteiger charge is -2.02. The van der Waals surface area contributed by atoms with Gasteiger partial charge in [0.2, 0.25) is 0 Å². The number of nitrogens with one attached hydrogen (secondary N) is 1. The molecule has 0 unspecified atom stereocenters. The zero-order valence-corrected chi connectivity index (χ0v) is 8.30. The smallest absolute Gasteiger partial charge is 0.329 e. The average molecular weight is 224 g/mol. The highest BCUT2D eigenvalue weighted by Crippen LogP contribution is 2.12. The fourth-order valence-corrected chi connectivity index (χ4v) is 0.938. The van der Waals surface area contributed by atoms with Gasteiger partial charge in [-0.15, -0.1) is 0 Å². The molecule has 0 aliphatic carbocycles. The Morgan fingerprint density at radius 2 is 2.12 bits per heavy atom. The highest BCUT2D eigenvalue weighted by molar-refractivity contribution is 5.94. The van der Waals surface area contributed by atoms with Gasteiger partial charge in [-0.2, -0.15) is 5.48 Å². The van der Waals surface area contributed by atoms with Crippen molar-refractivity contribution < 1.29 is 19.3 Å². The number of non-ortho nitro benzene ring substituents is 1. The van der Waals surface area contributed by atoms with E-state index < -0.39 is 16.8 Å². The molecule has 0 aliphatic rings. The molecule has 0 saturated carbocycles. The first kappa shape index (κ1) is 11.6. The fraction of sp³-hybridized carbons (Fsp3) is 0.111. The normalized spacial score (nSPS) is 9.31. The van der Waals surface area contributed by atoms with Crippen molar-refractivity contribution in [2.24, 2.45) is 0 Å². The van der Waals surface area contributed by atoms with E-state index in [1.807, 2.05) is 5.48 Å². The number of carbonyl (C=O) groups is 2. The summed E-state index contributed by atoms with van der Waals surface area (Å²) in [6, 6.07) is 5.06. The summed E-state index contributed by atoms with van der Waals surface area (Å²) in [5.74, 6) is -1.40. The molecule has 1 amide bonds. The van der Waals surface area contributed by atoms with Gasteiger partial charge in [0.1, 0.15) is 0 Å². The molecule has 0 bridgehead atoms. The molecule has 7 heteroatoms. The second kappa shape index (κ2) is 4.87. The molecule has 0 saturated heterocycles. The fourth-order valence-electron chi connectivity index (χ4n) is 0.938. The van der Waals surface area contributed by atoms with Crippen LogP contribution in [0.3, 0.4) is 0 Å². The van der Waals surface area contributed by atoms with Crippen LogP contribution in [0.2, 0.25) is 0 Å². The maximum absolute atomic E-state index is 11.3. The summed E-state index contributed by atoms with van der Waals surface area (Å²) < 4.78 is 0. The van der Waals surface area contributed by atoms with Crippen LogP contribution in [0.4, 0.5) is 5.69 Å². The molecule has 84 valence electrons. The van der Waals surface area contributed by atoms with E-state index in [9.17, 15) is 19.7 Å². The lowest BCUT2D eigenvalue weighted by Crippen LogP contribution is -2.25. The van der Waals surface area contributed by atoms with Crippen molar-refractivity contribution in [3.8, 4) is 0 Å². The predicted molar refractivity (Wildman–Crippen MR) is 52.3 cm³/mol. The van der Waals surface area contributed by atoms with Gasteiger partial charge in [0.15, 0.2) is 0 Å². The minimum absolute atomic E-state index is 0.0375. The van der Waals surface area contributed by atoms with E-state index in [2.05, 4.69) is 4.84 Å². The molecule has 0 fully saturated rings. The number of hydrogen-bond acceptors (Lipinski definition) is 5. The number of carbonyl (C=O) groups excluding carboxylic acids is 2. The molecular formula is C9H8N2O5. The minimum Gasteiger partial charge on any atom is -0.341 e. The van der Waals surface area contributed by atoms with E-state index in [1.165, 1.54) is 18.2 Å². The van der Waals surface area contributed by atoms with E-state index in [0.29, 0.717) is 0 Å². The lowest BCUT2D eigenvalue weighted by atomic mass is 10.2. The van der Waals surface area contributed by atoms with Crippen LogP contribution in [0.5, 0.6) is 0 Å². The highest BCUT2D eigenvalue weighted by Gasteiger charge is 2.11. The van der Waals surface area contributed by atoms with Crippen LogP contribution < -0.4 is 5.48 Å². The standard InChI is InChI=1S/C9H8N2O5/c1-6(12)16-10-9(13)7-3-2-4-8(5-7)11(14)15/h2-5H,1H3,(H,10,13). The molecule has 0 spiro atoms. The molecule has 0 aliphatic heterocycles. The Labute approximate surface area is 90.1 Å². The molecule has 1 aromatic rings. The van der Waals surface area contributed by atoms with Crippen molar-refractivity contribution in [3.05, 3.63) is 39.9 Å². The van der Waals surface area contributed by atoms with Crippen LogP contribution >= 0.6 is 0 Å². The first-order valence-corrected chi connectivity index (χ1v) is 4.23. The van der Waals surface area contributed by atoms with Crippen LogP contribution in [0.1, 0.15) is 17.3 Å². The first-order valence-electron chi connectivity index (χ1n) is 4.23. The van der Waals surface area contributed by atoms with Gasteiger partial charge in [-0.3, -0.25) is 19.7 Å². The summed E-state index contributed by atoms with van der Waals surface area (Å²) in [5, 5.41) is 10.4. The third-order valence-corrected chi connectivity index (χ3v) is 1.61. The van der Waals surface area contributed by atoms with E-state index in [0.717, 1.165) is 13.0 Å². The first-order chi connectivity index (χ1) is 7.50. The zero-order chi connectivity index (χ0) is 12.1. The Kier molecular flexibility index (Phi) is 3.54.